The molecule has 0 radical (unpaired) electrons. The Morgan fingerprint density at radius 3 is 2.50 bits per heavy atom. The normalized spacial score (nSPS) is 15.4. The zero-order valence-electron chi connectivity index (χ0n) is 12.2. The number of imide groups is 1. The molecule has 2 aromatic rings. The van der Waals surface area contributed by atoms with Gasteiger partial charge in [0.15, 0.2) is 0 Å². The zero-order valence-corrected chi connectivity index (χ0v) is 12.2. The summed E-state index contributed by atoms with van der Waals surface area (Å²) < 4.78 is 1.77. The average Bonchev–Trinajstić information content (AvgIpc) is 2.79. The number of hydrogen-bond donors (Lipinski definition) is 1. The number of amides is 2. The summed E-state index contributed by atoms with van der Waals surface area (Å²) in [7, 11) is 1.80. The van der Waals surface area contributed by atoms with Gasteiger partial charge in [-0.3, -0.25) is 14.9 Å². The van der Waals surface area contributed by atoms with E-state index in [2.05, 4.69) is 11.4 Å². The predicted molar refractivity (Wildman–Crippen MR) is 81.7 cm³/mol. The van der Waals surface area contributed by atoms with Crippen LogP contribution >= 0.6 is 0 Å². The molecule has 1 aliphatic heterocycles. The third-order valence-corrected chi connectivity index (χ3v) is 3.92. The van der Waals surface area contributed by atoms with Crippen LogP contribution < -0.4 is 5.32 Å². The van der Waals surface area contributed by atoms with Crippen molar-refractivity contribution < 1.29 is 9.59 Å². The molecule has 0 atom stereocenters. The highest BCUT2D eigenvalue weighted by Gasteiger charge is 2.26. The van der Waals surface area contributed by atoms with Crippen molar-refractivity contribution in [2.75, 3.05) is 0 Å². The molecule has 1 aliphatic rings. The summed E-state index contributed by atoms with van der Waals surface area (Å²) in [5, 5.41) is 11.4. The van der Waals surface area contributed by atoms with Crippen LogP contribution in [-0.4, -0.2) is 16.4 Å². The van der Waals surface area contributed by atoms with Crippen LogP contribution in [0.5, 0.6) is 0 Å². The number of benzene rings is 1. The van der Waals surface area contributed by atoms with Crippen LogP contribution in [0.4, 0.5) is 0 Å². The van der Waals surface area contributed by atoms with E-state index in [1.807, 2.05) is 6.92 Å². The van der Waals surface area contributed by atoms with Crippen LogP contribution in [0.3, 0.4) is 0 Å². The van der Waals surface area contributed by atoms with Gasteiger partial charge in [-0.05, 0) is 36.3 Å². The molecule has 5 nitrogen and oxygen atoms in total. The van der Waals surface area contributed by atoms with Gasteiger partial charge in [0, 0.05) is 23.9 Å². The topological polar surface area (TPSA) is 74.9 Å². The fraction of sp³-hybridized carbons (Fsp3) is 0.118. The number of nitriles is 1. The molecule has 0 saturated carbocycles. The maximum Gasteiger partial charge on any atom is 0.258 e. The monoisotopic (exact) mass is 291 g/mol. The van der Waals surface area contributed by atoms with Gasteiger partial charge in [0.1, 0.15) is 11.8 Å². The largest absolute Gasteiger partial charge is 0.339 e. The van der Waals surface area contributed by atoms with Crippen LogP contribution in [0.15, 0.2) is 30.3 Å². The van der Waals surface area contributed by atoms with Crippen molar-refractivity contribution in [1.82, 2.24) is 9.88 Å². The number of nitrogens with one attached hydrogen (secondary N) is 1. The molecule has 22 heavy (non-hydrogen) atoms. The van der Waals surface area contributed by atoms with Gasteiger partial charge in [0.05, 0.1) is 0 Å². The van der Waals surface area contributed by atoms with Gasteiger partial charge >= 0.3 is 0 Å². The second-order valence-electron chi connectivity index (χ2n) is 5.13. The number of carbonyl (C=O) groups is 2. The Balaban J connectivity index is 2.20. The molecule has 1 aromatic carbocycles. The van der Waals surface area contributed by atoms with E-state index >= 15 is 0 Å². The Morgan fingerprint density at radius 1 is 1.18 bits per heavy atom. The Kier molecular flexibility index (Phi) is 3.15. The first-order chi connectivity index (χ1) is 10.5. The highest BCUT2D eigenvalue weighted by molar-refractivity contribution is 6.34. The molecule has 1 aromatic heterocycles. The van der Waals surface area contributed by atoms with Crippen LogP contribution in [-0.2, 0) is 11.8 Å². The summed E-state index contributed by atoms with van der Waals surface area (Å²) in [6, 6.07) is 10.8. The third kappa shape index (κ3) is 2.02. The summed E-state index contributed by atoms with van der Waals surface area (Å²) in [6.07, 6.45) is 1.72. The van der Waals surface area contributed by atoms with Gasteiger partial charge in [-0.2, -0.15) is 5.26 Å². The van der Waals surface area contributed by atoms with Crippen LogP contribution in [0.25, 0.3) is 11.6 Å². The van der Waals surface area contributed by atoms with E-state index in [4.69, 9.17) is 5.26 Å². The molecule has 0 unspecified atom stereocenters. The summed E-state index contributed by atoms with van der Waals surface area (Å²) >= 11 is 0. The standard InChI is InChI=1S/C17H13N3O2/c1-10-11(7-12(9-18)20(10)2)8-15-13-5-3-4-6-14(13)16(21)19-17(15)22/h3-8H,1-2H3,(H,19,21,22)/b15-8-. The lowest BCUT2D eigenvalue weighted by atomic mass is 9.93. The number of aromatic nitrogens is 1. The third-order valence-electron chi connectivity index (χ3n) is 3.92. The second kappa shape index (κ2) is 5.01. The molecule has 2 amide bonds. The van der Waals surface area contributed by atoms with E-state index in [-0.39, 0.29) is 5.91 Å². The predicted octanol–water partition coefficient (Wildman–Crippen LogP) is 2.02. The van der Waals surface area contributed by atoms with Crippen LogP contribution in [0.2, 0.25) is 0 Å². The summed E-state index contributed by atoms with van der Waals surface area (Å²) in [6.45, 7) is 1.88. The average molecular weight is 291 g/mol. The van der Waals surface area contributed by atoms with Gasteiger partial charge in [-0.15, -0.1) is 0 Å². The molecule has 2 heterocycles. The van der Waals surface area contributed by atoms with E-state index in [9.17, 15) is 9.59 Å². The Hall–Kier alpha value is -3.13. The van der Waals surface area contributed by atoms with E-state index in [0.29, 0.717) is 22.4 Å². The van der Waals surface area contributed by atoms with Crippen molar-refractivity contribution in [3.8, 4) is 6.07 Å². The number of nitrogens with zero attached hydrogens (tertiary/aromatic N) is 2. The molecule has 3 rings (SSSR count). The number of carbonyl (C=O) groups excluding carboxylic acids is 2. The molecule has 0 aliphatic carbocycles. The number of fused-ring (bicyclic) bond motifs is 1. The van der Waals surface area contributed by atoms with Crippen LogP contribution in [0.1, 0.15) is 32.9 Å². The van der Waals surface area contributed by atoms with Crippen molar-refractivity contribution >= 4 is 23.5 Å². The minimum Gasteiger partial charge on any atom is -0.339 e. The Bertz CT molecular complexity index is 882. The lowest BCUT2D eigenvalue weighted by Gasteiger charge is -2.17. The van der Waals surface area contributed by atoms with Gasteiger partial charge in [0.2, 0.25) is 0 Å². The Morgan fingerprint density at radius 2 is 1.86 bits per heavy atom. The molecule has 108 valence electrons. The molecule has 0 spiro atoms. The van der Waals surface area contributed by atoms with Crippen molar-refractivity contribution in [2.24, 2.45) is 7.05 Å². The quantitative estimate of drug-likeness (QED) is 0.645. The van der Waals surface area contributed by atoms with E-state index in [1.165, 1.54) is 0 Å². The molecule has 1 N–H and O–H groups in total. The van der Waals surface area contributed by atoms with E-state index in [0.717, 1.165) is 11.3 Å². The zero-order chi connectivity index (χ0) is 15.9. The molecule has 0 bridgehead atoms. The fourth-order valence-corrected chi connectivity index (χ4v) is 2.55. The maximum atomic E-state index is 12.2. The van der Waals surface area contributed by atoms with Gasteiger partial charge < -0.3 is 4.57 Å². The van der Waals surface area contributed by atoms with Gasteiger partial charge in [-0.25, -0.2) is 0 Å². The van der Waals surface area contributed by atoms with E-state index < -0.39 is 5.91 Å². The first-order valence-electron chi connectivity index (χ1n) is 6.76. The van der Waals surface area contributed by atoms with Crippen molar-refractivity contribution in [3.63, 3.8) is 0 Å². The molecule has 0 saturated heterocycles. The first kappa shape index (κ1) is 13.8. The maximum absolute atomic E-state index is 12.2. The number of hydrogen-bond acceptors (Lipinski definition) is 3. The van der Waals surface area contributed by atoms with Gasteiger partial charge in [0.25, 0.3) is 11.8 Å². The molecular weight excluding hydrogens is 278 g/mol. The SMILES string of the molecule is Cc1c(/C=C2\C(=O)NC(=O)c3ccccc32)cc(C#N)n1C. The summed E-state index contributed by atoms with van der Waals surface area (Å²) in [5.41, 5.74) is 3.69. The summed E-state index contributed by atoms with van der Waals surface area (Å²) in [4.78, 5) is 24.0. The van der Waals surface area contributed by atoms with Gasteiger partial charge in [-0.1, -0.05) is 18.2 Å². The highest BCUT2D eigenvalue weighted by atomic mass is 16.2. The van der Waals surface area contributed by atoms with Crippen molar-refractivity contribution in [2.45, 2.75) is 6.92 Å². The lowest BCUT2D eigenvalue weighted by Crippen LogP contribution is -2.36. The second-order valence-corrected chi connectivity index (χ2v) is 5.13. The van der Waals surface area contributed by atoms with Crippen LogP contribution in [0, 0.1) is 18.3 Å². The summed E-state index contributed by atoms with van der Waals surface area (Å²) in [5.74, 6) is -0.814. The Labute approximate surface area is 127 Å². The van der Waals surface area contributed by atoms with Crippen molar-refractivity contribution in [1.29, 1.82) is 5.26 Å². The molecular formula is C17H13N3O2. The molecule has 5 heteroatoms. The number of rotatable bonds is 1. The highest BCUT2D eigenvalue weighted by Crippen LogP contribution is 2.27. The smallest absolute Gasteiger partial charge is 0.258 e. The minimum atomic E-state index is -0.425. The fourth-order valence-electron chi connectivity index (χ4n) is 2.55. The first-order valence-corrected chi connectivity index (χ1v) is 6.76. The minimum absolute atomic E-state index is 0.389. The van der Waals surface area contributed by atoms with E-state index in [1.54, 1.807) is 48.0 Å². The van der Waals surface area contributed by atoms with Crippen molar-refractivity contribution in [3.05, 3.63) is 58.4 Å². The lowest BCUT2D eigenvalue weighted by molar-refractivity contribution is -0.114. The molecule has 0 fully saturated rings.